The van der Waals surface area contributed by atoms with Crippen molar-refractivity contribution < 1.29 is 0 Å². The molecular weight excluding hydrogens is 246 g/mol. The van der Waals surface area contributed by atoms with Crippen molar-refractivity contribution in [3.05, 3.63) is 59.4 Å². The van der Waals surface area contributed by atoms with E-state index in [1.165, 1.54) is 11.1 Å². The lowest BCUT2D eigenvalue weighted by molar-refractivity contribution is 0.527. The number of nitrogen functional groups attached to an aromatic ring is 1. The van der Waals surface area contributed by atoms with E-state index in [9.17, 15) is 0 Å². The molecule has 0 saturated heterocycles. The number of benzene rings is 1. The van der Waals surface area contributed by atoms with Crippen LogP contribution in [0.3, 0.4) is 0 Å². The van der Waals surface area contributed by atoms with Crippen molar-refractivity contribution in [2.75, 3.05) is 12.3 Å². The topological polar surface area (TPSA) is 50.9 Å². The Labute approximate surface area is 121 Å². The number of hydrogen-bond acceptors (Lipinski definition) is 3. The maximum absolute atomic E-state index is 6.05. The molecule has 0 saturated carbocycles. The second kappa shape index (κ2) is 7.06. The molecule has 0 aliphatic heterocycles. The number of aryl methyl sites for hydroxylation is 1. The van der Waals surface area contributed by atoms with Crippen molar-refractivity contribution >= 4 is 5.69 Å². The molecule has 3 nitrogen and oxygen atoms in total. The molecular formula is C17H23N3. The van der Waals surface area contributed by atoms with Gasteiger partial charge in [-0.3, -0.25) is 4.98 Å². The van der Waals surface area contributed by atoms with E-state index in [2.05, 4.69) is 48.4 Å². The summed E-state index contributed by atoms with van der Waals surface area (Å²) in [6.45, 7) is 5.34. The summed E-state index contributed by atoms with van der Waals surface area (Å²) in [4.78, 5) is 4.19. The highest BCUT2D eigenvalue weighted by Crippen LogP contribution is 2.23. The Morgan fingerprint density at radius 3 is 2.75 bits per heavy atom. The normalized spacial score (nSPS) is 12.3. The summed E-state index contributed by atoms with van der Waals surface area (Å²) in [5.74, 6) is 0. The smallest absolute Gasteiger partial charge is 0.0378 e. The van der Waals surface area contributed by atoms with Crippen molar-refractivity contribution in [3.63, 3.8) is 0 Å². The zero-order chi connectivity index (χ0) is 14.4. The minimum Gasteiger partial charge on any atom is -0.398 e. The zero-order valence-corrected chi connectivity index (χ0v) is 12.3. The molecule has 1 unspecified atom stereocenters. The van der Waals surface area contributed by atoms with Crippen LogP contribution in [0.15, 0.2) is 42.7 Å². The number of nitrogens with two attached hydrogens (primary N) is 1. The van der Waals surface area contributed by atoms with Gasteiger partial charge >= 0.3 is 0 Å². The van der Waals surface area contributed by atoms with Crippen LogP contribution in [0.25, 0.3) is 0 Å². The summed E-state index contributed by atoms with van der Waals surface area (Å²) in [6, 6.07) is 10.7. The lowest BCUT2D eigenvalue weighted by atomic mass is 9.95. The lowest BCUT2D eigenvalue weighted by Gasteiger charge is -2.21. The largest absolute Gasteiger partial charge is 0.398 e. The molecule has 106 valence electrons. The molecule has 0 amide bonds. The molecule has 2 aromatic rings. The minimum atomic E-state index is 0.280. The number of nitrogens with one attached hydrogen (secondary N) is 1. The molecule has 0 fully saturated rings. The zero-order valence-electron chi connectivity index (χ0n) is 12.3. The number of hydrogen-bond donors (Lipinski definition) is 2. The van der Waals surface area contributed by atoms with Gasteiger partial charge in [0.2, 0.25) is 0 Å². The van der Waals surface area contributed by atoms with E-state index in [0.29, 0.717) is 0 Å². The van der Waals surface area contributed by atoms with Crippen LogP contribution in [-0.4, -0.2) is 11.5 Å². The Morgan fingerprint density at radius 1 is 1.25 bits per heavy atom. The third kappa shape index (κ3) is 3.58. The summed E-state index contributed by atoms with van der Waals surface area (Å²) in [7, 11) is 0. The minimum absolute atomic E-state index is 0.280. The molecule has 0 aliphatic rings. The van der Waals surface area contributed by atoms with E-state index in [1.54, 1.807) is 6.20 Å². The molecule has 20 heavy (non-hydrogen) atoms. The monoisotopic (exact) mass is 269 g/mol. The molecule has 0 radical (unpaired) electrons. The van der Waals surface area contributed by atoms with Crippen LogP contribution in [0.4, 0.5) is 5.69 Å². The average Bonchev–Trinajstić information content (AvgIpc) is 2.46. The molecule has 3 N–H and O–H groups in total. The summed E-state index contributed by atoms with van der Waals surface area (Å²) >= 11 is 0. The first-order valence-corrected chi connectivity index (χ1v) is 7.19. The summed E-state index contributed by atoms with van der Waals surface area (Å²) in [5, 5.41) is 3.62. The van der Waals surface area contributed by atoms with Crippen LogP contribution >= 0.6 is 0 Å². The van der Waals surface area contributed by atoms with Gasteiger partial charge in [-0.15, -0.1) is 0 Å². The number of anilines is 1. The van der Waals surface area contributed by atoms with E-state index >= 15 is 0 Å². The number of pyridine rings is 1. The molecule has 1 heterocycles. The second-order valence-electron chi connectivity index (χ2n) is 5.14. The summed E-state index contributed by atoms with van der Waals surface area (Å²) in [5.41, 5.74) is 10.6. The molecule has 1 aromatic carbocycles. The van der Waals surface area contributed by atoms with Crippen molar-refractivity contribution in [1.82, 2.24) is 10.3 Å². The second-order valence-corrected chi connectivity index (χ2v) is 5.14. The van der Waals surface area contributed by atoms with Crippen LogP contribution < -0.4 is 11.1 Å². The molecule has 0 aliphatic carbocycles. The quantitative estimate of drug-likeness (QED) is 0.846. The fraction of sp³-hybridized carbons (Fsp3) is 0.353. The van der Waals surface area contributed by atoms with Crippen molar-refractivity contribution in [2.45, 2.75) is 32.7 Å². The van der Waals surface area contributed by atoms with E-state index in [0.717, 1.165) is 30.6 Å². The fourth-order valence-corrected chi connectivity index (χ4v) is 2.42. The SMILES string of the molecule is CCCNC(Cc1cnccc1N)c1ccccc1C. The molecule has 3 heteroatoms. The number of nitrogens with zero attached hydrogens (tertiary/aromatic N) is 1. The molecule has 0 spiro atoms. The van der Waals surface area contributed by atoms with E-state index in [-0.39, 0.29) is 6.04 Å². The standard InChI is InChI=1S/C17H23N3/c1-3-9-20-17(15-7-5-4-6-13(15)2)11-14-12-19-10-8-16(14)18/h4-8,10,12,17,20H,3,9,11H2,1-2H3,(H2,18,19). The van der Waals surface area contributed by atoms with Gasteiger partial charge in [-0.1, -0.05) is 31.2 Å². The Morgan fingerprint density at radius 2 is 2.05 bits per heavy atom. The Balaban J connectivity index is 2.24. The van der Waals surface area contributed by atoms with Gasteiger partial charge in [0.15, 0.2) is 0 Å². The van der Waals surface area contributed by atoms with Crippen molar-refractivity contribution in [1.29, 1.82) is 0 Å². The van der Waals surface area contributed by atoms with Gasteiger partial charge < -0.3 is 11.1 Å². The van der Waals surface area contributed by atoms with Gasteiger partial charge in [-0.2, -0.15) is 0 Å². The first-order chi connectivity index (χ1) is 9.72. The first kappa shape index (κ1) is 14.5. The van der Waals surface area contributed by atoms with Crippen LogP contribution in [0.5, 0.6) is 0 Å². The Kier molecular flexibility index (Phi) is 5.13. The maximum Gasteiger partial charge on any atom is 0.0378 e. The fourth-order valence-electron chi connectivity index (χ4n) is 2.42. The molecule has 2 rings (SSSR count). The third-order valence-electron chi connectivity index (χ3n) is 3.57. The number of rotatable bonds is 6. The Hall–Kier alpha value is -1.87. The highest BCUT2D eigenvalue weighted by Gasteiger charge is 2.14. The predicted molar refractivity (Wildman–Crippen MR) is 84.6 cm³/mol. The van der Waals surface area contributed by atoms with Crippen molar-refractivity contribution in [3.8, 4) is 0 Å². The lowest BCUT2D eigenvalue weighted by Crippen LogP contribution is -2.25. The summed E-state index contributed by atoms with van der Waals surface area (Å²) in [6.07, 6.45) is 5.59. The van der Waals surface area contributed by atoms with Crippen LogP contribution in [-0.2, 0) is 6.42 Å². The Bertz CT molecular complexity index is 551. The van der Waals surface area contributed by atoms with Gasteiger partial charge in [0.1, 0.15) is 0 Å². The maximum atomic E-state index is 6.05. The van der Waals surface area contributed by atoms with Crippen molar-refractivity contribution in [2.24, 2.45) is 0 Å². The van der Waals surface area contributed by atoms with E-state index in [1.807, 2.05) is 12.3 Å². The van der Waals surface area contributed by atoms with Crippen LogP contribution in [0.1, 0.15) is 36.1 Å². The third-order valence-corrected chi connectivity index (χ3v) is 3.57. The molecule has 1 aromatic heterocycles. The highest BCUT2D eigenvalue weighted by atomic mass is 14.9. The predicted octanol–water partition coefficient (Wildman–Crippen LogP) is 3.26. The molecule has 1 atom stereocenters. The first-order valence-electron chi connectivity index (χ1n) is 7.19. The van der Waals surface area contributed by atoms with Crippen LogP contribution in [0.2, 0.25) is 0 Å². The van der Waals surface area contributed by atoms with E-state index < -0.39 is 0 Å². The molecule has 0 bridgehead atoms. The van der Waals surface area contributed by atoms with Gasteiger partial charge in [0, 0.05) is 24.1 Å². The van der Waals surface area contributed by atoms with Crippen LogP contribution in [0, 0.1) is 6.92 Å². The van der Waals surface area contributed by atoms with Gasteiger partial charge in [-0.05, 0) is 49.1 Å². The van der Waals surface area contributed by atoms with Gasteiger partial charge in [0.25, 0.3) is 0 Å². The van der Waals surface area contributed by atoms with E-state index in [4.69, 9.17) is 5.73 Å². The van der Waals surface area contributed by atoms with Gasteiger partial charge in [0.05, 0.1) is 0 Å². The highest BCUT2D eigenvalue weighted by molar-refractivity contribution is 5.45. The van der Waals surface area contributed by atoms with Gasteiger partial charge in [-0.25, -0.2) is 0 Å². The number of aromatic nitrogens is 1. The summed E-state index contributed by atoms with van der Waals surface area (Å²) < 4.78 is 0. The average molecular weight is 269 g/mol.